The van der Waals surface area contributed by atoms with Crippen LogP contribution in [-0.4, -0.2) is 22.6 Å². The summed E-state index contributed by atoms with van der Waals surface area (Å²) in [5, 5.41) is 13.9. The molecule has 0 bridgehead atoms. The second kappa shape index (κ2) is 6.69. The summed E-state index contributed by atoms with van der Waals surface area (Å²) in [7, 11) is 0. The number of nitrogens with one attached hydrogen (secondary N) is 2. The minimum absolute atomic E-state index is 0.0324. The van der Waals surface area contributed by atoms with Crippen molar-refractivity contribution in [3.63, 3.8) is 0 Å². The van der Waals surface area contributed by atoms with Crippen LogP contribution in [0.2, 0.25) is 0 Å². The Morgan fingerprint density at radius 1 is 1.40 bits per heavy atom. The summed E-state index contributed by atoms with van der Waals surface area (Å²) in [6.45, 7) is 3.46. The smallest absolute Gasteiger partial charge is 0.319 e. The lowest BCUT2D eigenvalue weighted by Crippen LogP contribution is -2.45. The van der Waals surface area contributed by atoms with E-state index in [9.17, 15) is 14.0 Å². The van der Waals surface area contributed by atoms with E-state index in [1.807, 2.05) is 0 Å². The predicted molar refractivity (Wildman–Crippen MR) is 77.2 cm³/mol. The summed E-state index contributed by atoms with van der Waals surface area (Å²) in [6.07, 6.45) is 0.276. The number of amides is 2. The monoisotopic (exact) mass is 346 g/mol. The molecule has 0 unspecified atom stereocenters. The number of benzene rings is 1. The lowest BCUT2D eigenvalue weighted by atomic mass is 9.99. The molecule has 0 atom stereocenters. The largest absolute Gasteiger partial charge is 0.481 e. The number of aliphatic carboxylic acids is 1. The molecule has 7 heteroatoms. The normalized spacial score (nSPS) is 11.0. The van der Waals surface area contributed by atoms with Crippen LogP contribution in [0.4, 0.5) is 14.9 Å². The van der Waals surface area contributed by atoms with Gasteiger partial charge in [0.25, 0.3) is 0 Å². The first-order valence-electron chi connectivity index (χ1n) is 5.95. The van der Waals surface area contributed by atoms with Crippen LogP contribution < -0.4 is 10.6 Å². The summed E-state index contributed by atoms with van der Waals surface area (Å²) in [4.78, 5) is 22.3. The molecule has 0 heterocycles. The Hall–Kier alpha value is -1.63. The summed E-state index contributed by atoms with van der Waals surface area (Å²) >= 11 is 3.03. The van der Waals surface area contributed by atoms with E-state index in [0.29, 0.717) is 12.1 Å². The molecule has 0 spiro atoms. The number of carboxylic acid groups (broad SMARTS) is 1. The molecular weight excluding hydrogens is 331 g/mol. The highest BCUT2D eigenvalue weighted by Crippen LogP contribution is 2.20. The Labute approximate surface area is 124 Å². The fourth-order valence-electron chi connectivity index (χ4n) is 1.53. The number of carboxylic acids is 1. The van der Waals surface area contributed by atoms with Crippen LogP contribution in [0.5, 0.6) is 0 Å². The van der Waals surface area contributed by atoms with Gasteiger partial charge in [-0.25, -0.2) is 9.18 Å². The molecule has 20 heavy (non-hydrogen) atoms. The third-order valence-electron chi connectivity index (χ3n) is 2.59. The molecule has 2 amide bonds. The SMILES string of the molecule is CC(C)(CCC(=O)O)NC(=O)Nc1ccc(F)c(Br)c1. The number of carbonyl (C=O) groups excluding carboxylic acids is 1. The minimum Gasteiger partial charge on any atom is -0.481 e. The van der Waals surface area contributed by atoms with E-state index in [-0.39, 0.29) is 10.9 Å². The molecule has 110 valence electrons. The highest BCUT2D eigenvalue weighted by molar-refractivity contribution is 9.10. The van der Waals surface area contributed by atoms with Crippen LogP contribution in [-0.2, 0) is 4.79 Å². The summed E-state index contributed by atoms with van der Waals surface area (Å²) in [5.41, 5.74) is -0.218. The Kier molecular flexibility index (Phi) is 5.50. The lowest BCUT2D eigenvalue weighted by molar-refractivity contribution is -0.137. The highest BCUT2D eigenvalue weighted by atomic mass is 79.9. The molecule has 0 aliphatic rings. The fourth-order valence-corrected chi connectivity index (χ4v) is 1.90. The summed E-state index contributed by atoms with van der Waals surface area (Å²) in [5.74, 6) is -1.33. The average molecular weight is 347 g/mol. The van der Waals surface area contributed by atoms with Gasteiger partial charge in [0.2, 0.25) is 0 Å². The molecule has 0 saturated carbocycles. The highest BCUT2D eigenvalue weighted by Gasteiger charge is 2.21. The number of anilines is 1. The first-order valence-corrected chi connectivity index (χ1v) is 6.75. The molecule has 0 aromatic heterocycles. The third-order valence-corrected chi connectivity index (χ3v) is 3.20. The van der Waals surface area contributed by atoms with Crippen molar-refractivity contribution in [2.45, 2.75) is 32.2 Å². The van der Waals surface area contributed by atoms with Crippen molar-refractivity contribution in [1.82, 2.24) is 5.32 Å². The van der Waals surface area contributed by atoms with Crippen LogP contribution in [0.3, 0.4) is 0 Å². The lowest BCUT2D eigenvalue weighted by Gasteiger charge is -2.25. The van der Waals surface area contributed by atoms with Crippen molar-refractivity contribution in [2.24, 2.45) is 0 Å². The van der Waals surface area contributed by atoms with Crippen LogP contribution in [0.1, 0.15) is 26.7 Å². The van der Waals surface area contributed by atoms with Gasteiger partial charge in [0.1, 0.15) is 5.82 Å². The molecule has 0 aliphatic heterocycles. The van der Waals surface area contributed by atoms with E-state index in [0.717, 1.165) is 0 Å². The number of rotatable bonds is 5. The van der Waals surface area contributed by atoms with Crippen molar-refractivity contribution in [2.75, 3.05) is 5.32 Å². The van der Waals surface area contributed by atoms with Gasteiger partial charge in [-0.15, -0.1) is 0 Å². The van der Waals surface area contributed by atoms with Gasteiger partial charge in [0, 0.05) is 17.6 Å². The summed E-state index contributed by atoms with van der Waals surface area (Å²) in [6, 6.07) is 3.64. The van der Waals surface area contributed by atoms with Crippen molar-refractivity contribution < 1.29 is 19.1 Å². The minimum atomic E-state index is -0.914. The van der Waals surface area contributed by atoms with Crippen molar-refractivity contribution in [1.29, 1.82) is 0 Å². The first kappa shape index (κ1) is 16.4. The summed E-state index contributed by atoms with van der Waals surface area (Å²) < 4.78 is 13.3. The maximum Gasteiger partial charge on any atom is 0.319 e. The molecule has 0 aliphatic carbocycles. The number of carbonyl (C=O) groups is 2. The molecule has 0 radical (unpaired) electrons. The van der Waals surface area contributed by atoms with Crippen LogP contribution >= 0.6 is 15.9 Å². The third kappa shape index (κ3) is 5.56. The van der Waals surface area contributed by atoms with Gasteiger partial charge in [0.15, 0.2) is 0 Å². The number of urea groups is 1. The molecule has 1 aromatic carbocycles. The van der Waals surface area contributed by atoms with E-state index in [1.165, 1.54) is 18.2 Å². The van der Waals surface area contributed by atoms with Crippen LogP contribution in [0, 0.1) is 5.82 Å². The molecule has 1 rings (SSSR count). The molecule has 1 aromatic rings. The van der Waals surface area contributed by atoms with E-state index >= 15 is 0 Å². The Bertz CT molecular complexity index is 520. The standard InChI is InChI=1S/C13H16BrFN2O3/c1-13(2,6-5-11(18)19)17-12(20)16-8-3-4-10(15)9(14)7-8/h3-4,7H,5-6H2,1-2H3,(H,18,19)(H2,16,17,20). The molecule has 0 fully saturated rings. The zero-order valence-electron chi connectivity index (χ0n) is 11.2. The Morgan fingerprint density at radius 3 is 2.60 bits per heavy atom. The van der Waals surface area contributed by atoms with E-state index < -0.39 is 23.4 Å². The van der Waals surface area contributed by atoms with Crippen molar-refractivity contribution in [3.05, 3.63) is 28.5 Å². The Morgan fingerprint density at radius 2 is 2.05 bits per heavy atom. The maximum atomic E-state index is 13.1. The van der Waals surface area contributed by atoms with Gasteiger partial charge in [-0.3, -0.25) is 4.79 Å². The van der Waals surface area contributed by atoms with Gasteiger partial charge >= 0.3 is 12.0 Å². The van der Waals surface area contributed by atoms with E-state index in [1.54, 1.807) is 13.8 Å². The van der Waals surface area contributed by atoms with E-state index in [2.05, 4.69) is 26.6 Å². The first-order chi connectivity index (χ1) is 9.19. The van der Waals surface area contributed by atoms with Gasteiger partial charge in [-0.2, -0.15) is 0 Å². The van der Waals surface area contributed by atoms with Gasteiger partial charge < -0.3 is 15.7 Å². The molecule has 3 N–H and O–H groups in total. The number of halogens is 2. The average Bonchev–Trinajstić information content (AvgIpc) is 2.31. The molecular formula is C13H16BrFN2O3. The second-order valence-electron chi connectivity index (χ2n) is 4.99. The van der Waals surface area contributed by atoms with Crippen molar-refractivity contribution in [3.8, 4) is 0 Å². The number of hydrogen-bond acceptors (Lipinski definition) is 2. The fraction of sp³-hybridized carbons (Fsp3) is 0.385. The predicted octanol–water partition coefficient (Wildman–Crippen LogP) is 3.35. The zero-order chi connectivity index (χ0) is 15.3. The maximum absolute atomic E-state index is 13.1. The van der Waals surface area contributed by atoms with Gasteiger partial charge in [0.05, 0.1) is 4.47 Å². The van der Waals surface area contributed by atoms with E-state index in [4.69, 9.17) is 5.11 Å². The Balaban J connectivity index is 2.58. The molecule has 0 saturated heterocycles. The topological polar surface area (TPSA) is 78.4 Å². The van der Waals surface area contributed by atoms with Crippen LogP contribution in [0.25, 0.3) is 0 Å². The second-order valence-corrected chi connectivity index (χ2v) is 5.84. The molecule has 5 nitrogen and oxygen atoms in total. The zero-order valence-corrected chi connectivity index (χ0v) is 12.8. The van der Waals surface area contributed by atoms with Crippen molar-refractivity contribution >= 4 is 33.6 Å². The van der Waals surface area contributed by atoms with Gasteiger partial charge in [-0.05, 0) is 54.4 Å². The quantitative estimate of drug-likeness (QED) is 0.764. The van der Waals surface area contributed by atoms with Crippen LogP contribution in [0.15, 0.2) is 22.7 Å². The van der Waals surface area contributed by atoms with Gasteiger partial charge in [-0.1, -0.05) is 0 Å². The number of hydrogen-bond donors (Lipinski definition) is 3.